The highest BCUT2D eigenvalue weighted by atomic mass is 28.3. The molecule has 0 unspecified atom stereocenters. The minimum absolute atomic E-state index is 0.00352. The van der Waals surface area contributed by atoms with Crippen molar-refractivity contribution < 1.29 is 9.59 Å². The lowest BCUT2D eigenvalue weighted by Gasteiger charge is -2.23. The van der Waals surface area contributed by atoms with Gasteiger partial charge in [-0.3, -0.25) is 4.98 Å². The van der Waals surface area contributed by atoms with Gasteiger partial charge in [-0.25, -0.2) is 0 Å². The molecule has 0 aromatic carbocycles. The third kappa shape index (κ3) is 1.90. The minimum atomic E-state index is -2.69. The fourth-order valence-electron chi connectivity index (χ4n) is 1.90. The van der Waals surface area contributed by atoms with Gasteiger partial charge in [-0.2, -0.15) is 0 Å². The van der Waals surface area contributed by atoms with Crippen LogP contribution in [0.25, 0.3) is 0 Å². The molecule has 0 atom stereocenters. The monoisotopic (exact) mass is 221 g/mol. The molecule has 0 fully saturated rings. The zero-order chi connectivity index (χ0) is 11.5. The molecule has 0 aliphatic rings. The Labute approximate surface area is 90.5 Å². The average Bonchev–Trinajstić information content (AvgIpc) is 2.20. The molecule has 1 aromatic heterocycles. The van der Waals surface area contributed by atoms with Gasteiger partial charge in [0.25, 0.3) is 8.07 Å². The Morgan fingerprint density at radius 3 is 2.20 bits per heavy atom. The second-order valence-electron chi connectivity index (χ2n) is 3.59. The first-order chi connectivity index (χ1) is 7.05. The van der Waals surface area contributed by atoms with E-state index in [9.17, 15) is 9.59 Å². The number of nitrogens with zero attached hydrogens (tertiary/aromatic N) is 1. The van der Waals surface area contributed by atoms with Crippen molar-refractivity contribution in [2.75, 3.05) is 0 Å². The molecule has 0 N–H and O–H groups in total. The van der Waals surface area contributed by atoms with Crippen LogP contribution in [-0.2, 0) is 9.59 Å². The molecule has 0 bridgehead atoms. The average molecular weight is 221 g/mol. The van der Waals surface area contributed by atoms with E-state index < -0.39 is 8.07 Å². The van der Waals surface area contributed by atoms with Gasteiger partial charge in [0.1, 0.15) is 10.8 Å². The number of hydrogen-bond acceptors (Lipinski definition) is 3. The first-order valence-electron chi connectivity index (χ1n) is 4.99. The first kappa shape index (κ1) is 11.8. The molecule has 0 aliphatic carbocycles. The lowest BCUT2D eigenvalue weighted by atomic mass is 10.5. The highest BCUT2D eigenvalue weighted by molar-refractivity contribution is 7.31. The quantitative estimate of drug-likeness (QED) is 0.713. The van der Waals surface area contributed by atoms with Gasteiger partial charge in [-0.05, 0) is 32.0 Å². The van der Waals surface area contributed by atoms with Gasteiger partial charge in [0.15, 0.2) is 0 Å². The van der Waals surface area contributed by atoms with Gasteiger partial charge in [-0.1, -0.05) is 13.0 Å². The van der Waals surface area contributed by atoms with E-state index in [0.717, 1.165) is 0 Å². The van der Waals surface area contributed by atoms with Crippen LogP contribution in [0, 0.1) is 0 Å². The molecule has 80 valence electrons. The Kier molecular flexibility index (Phi) is 3.52. The summed E-state index contributed by atoms with van der Waals surface area (Å²) in [7, 11) is -2.69. The standard InChI is InChI=1S/C11H15NO2Si/c1-4-15(9(2)13,10(3)14)11-7-5-6-8-12-11/h5-8H,4H2,1-3H3. The van der Waals surface area contributed by atoms with Crippen LogP contribution in [0.3, 0.4) is 0 Å². The molecule has 0 saturated heterocycles. The second kappa shape index (κ2) is 4.48. The van der Waals surface area contributed by atoms with Crippen LogP contribution in [0.1, 0.15) is 20.8 Å². The Balaban J connectivity index is 3.35. The predicted molar refractivity (Wildman–Crippen MR) is 61.5 cm³/mol. The summed E-state index contributed by atoms with van der Waals surface area (Å²) < 4.78 is 0. The van der Waals surface area contributed by atoms with Gasteiger partial charge >= 0.3 is 0 Å². The highest BCUT2D eigenvalue weighted by Gasteiger charge is 2.45. The fraction of sp³-hybridized carbons (Fsp3) is 0.364. The van der Waals surface area contributed by atoms with Gasteiger partial charge in [0.05, 0.1) is 0 Å². The molecule has 0 spiro atoms. The smallest absolute Gasteiger partial charge is 0.257 e. The lowest BCUT2D eigenvalue weighted by Crippen LogP contribution is -2.61. The molecule has 1 aromatic rings. The molecule has 0 saturated carbocycles. The maximum Gasteiger partial charge on any atom is 0.257 e. The van der Waals surface area contributed by atoms with E-state index in [1.54, 1.807) is 18.3 Å². The van der Waals surface area contributed by atoms with Gasteiger partial charge in [0.2, 0.25) is 0 Å². The van der Waals surface area contributed by atoms with Crippen LogP contribution >= 0.6 is 0 Å². The predicted octanol–water partition coefficient (Wildman–Crippen LogP) is 1.01. The number of carbonyl (C=O) groups excluding carboxylic acids is 2. The van der Waals surface area contributed by atoms with E-state index in [1.165, 1.54) is 13.8 Å². The molecule has 0 radical (unpaired) electrons. The van der Waals surface area contributed by atoms with E-state index in [2.05, 4.69) is 4.98 Å². The highest BCUT2D eigenvalue weighted by Crippen LogP contribution is 2.11. The Bertz CT molecular complexity index is 361. The van der Waals surface area contributed by atoms with Gasteiger partial charge < -0.3 is 9.59 Å². The van der Waals surface area contributed by atoms with Crippen LogP contribution in [-0.4, -0.2) is 23.9 Å². The van der Waals surface area contributed by atoms with Crippen molar-refractivity contribution in [1.29, 1.82) is 0 Å². The van der Waals surface area contributed by atoms with E-state index in [-0.39, 0.29) is 10.8 Å². The summed E-state index contributed by atoms with van der Waals surface area (Å²) in [5.74, 6) is 0. The van der Waals surface area contributed by atoms with E-state index in [4.69, 9.17) is 0 Å². The molecule has 1 rings (SSSR count). The number of hydrogen-bond donors (Lipinski definition) is 0. The maximum absolute atomic E-state index is 11.7. The van der Waals surface area contributed by atoms with Crippen molar-refractivity contribution in [1.82, 2.24) is 4.98 Å². The van der Waals surface area contributed by atoms with Crippen LogP contribution in [0.4, 0.5) is 0 Å². The topological polar surface area (TPSA) is 47.0 Å². The Morgan fingerprint density at radius 2 is 1.87 bits per heavy atom. The summed E-state index contributed by atoms with van der Waals surface area (Å²) in [6.07, 6.45) is 1.64. The van der Waals surface area contributed by atoms with Gasteiger partial charge in [-0.15, -0.1) is 0 Å². The van der Waals surface area contributed by atoms with Crippen molar-refractivity contribution in [2.45, 2.75) is 26.8 Å². The number of pyridine rings is 1. The van der Waals surface area contributed by atoms with Crippen molar-refractivity contribution in [3.63, 3.8) is 0 Å². The normalized spacial score (nSPS) is 11.1. The van der Waals surface area contributed by atoms with Crippen LogP contribution in [0.15, 0.2) is 24.4 Å². The Morgan fingerprint density at radius 1 is 1.27 bits per heavy atom. The summed E-state index contributed by atoms with van der Waals surface area (Å²) in [5, 5.41) is 0.680. The lowest BCUT2D eigenvalue weighted by molar-refractivity contribution is -0.114. The SMILES string of the molecule is CC[Si](C(C)=O)(C(C)=O)c1ccccn1. The largest absolute Gasteiger partial charge is 0.305 e. The zero-order valence-corrected chi connectivity index (χ0v) is 10.3. The summed E-state index contributed by atoms with van der Waals surface area (Å²) >= 11 is 0. The van der Waals surface area contributed by atoms with E-state index >= 15 is 0 Å². The fourth-order valence-corrected chi connectivity index (χ4v) is 5.15. The summed E-state index contributed by atoms with van der Waals surface area (Å²) in [6.45, 7) is 4.90. The molecule has 4 heteroatoms. The van der Waals surface area contributed by atoms with Crippen molar-refractivity contribution in [3.05, 3.63) is 24.4 Å². The van der Waals surface area contributed by atoms with Crippen LogP contribution in [0.5, 0.6) is 0 Å². The molecule has 0 aliphatic heterocycles. The van der Waals surface area contributed by atoms with Crippen LogP contribution < -0.4 is 5.32 Å². The molecular weight excluding hydrogens is 206 g/mol. The molecular formula is C11H15NO2Si. The first-order valence-corrected chi connectivity index (χ1v) is 7.20. The summed E-state index contributed by atoms with van der Waals surface area (Å²) in [4.78, 5) is 27.7. The number of rotatable bonds is 4. The zero-order valence-electron chi connectivity index (χ0n) is 9.28. The van der Waals surface area contributed by atoms with Crippen molar-refractivity contribution in [3.8, 4) is 0 Å². The summed E-state index contributed by atoms with van der Waals surface area (Å²) in [6, 6.07) is 6.00. The van der Waals surface area contributed by atoms with Crippen LogP contribution in [0.2, 0.25) is 6.04 Å². The second-order valence-corrected chi connectivity index (χ2v) is 8.02. The Hall–Kier alpha value is -1.29. The number of carbonyl (C=O) groups is 2. The van der Waals surface area contributed by atoms with Crippen molar-refractivity contribution in [2.24, 2.45) is 0 Å². The third-order valence-electron chi connectivity index (χ3n) is 2.83. The van der Waals surface area contributed by atoms with E-state index in [0.29, 0.717) is 11.4 Å². The molecule has 0 amide bonds. The molecule has 1 heterocycles. The van der Waals surface area contributed by atoms with Gasteiger partial charge in [0, 0.05) is 11.5 Å². The third-order valence-corrected chi connectivity index (χ3v) is 7.47. The number of aromatic nitrogens is 1. The molecule has 3 nitrogen and oxygen atoms in total. The summed E-state index contributed by atoms with van der Waals surface area (Å²) in [5.41, 5.74) is 0. The van der Waals surface area contributed by atoms with Crippen molar-refractivity contribution >= 4 is 24.2 Å². The molecule has 15 heavy (non-hydrogen) atoms. The van der Waals surface area contributed by atoms with E-state index in [1.807, 2.05) is 13.0 Å². The minimum Gasteiger partial charge on any atom is -0.305 e. The maximum atomic E-state index is 11.7.